The number of ether oxygens (including phenoxy) is 2. The van der Waals surface area contributed by atoms with Gasteiger partial charge in [-0.2, -0.15) is 0 Å². The molecule has 34 heavy (non-hydrogen) atoms. The van der Waals surface area contributed by atoms with Crippen molar-refractivity contribution in [2.24, 2.45) is 0 Å². The van der Waals surface area contributed by atoms with E-state index in [9.17, 15) is 9.59 Å². The molecular weight excluding hydrogens is 430 g/mol. The Morgan fingerprint density at radius 1 is 1.09 bits per heavy atom. The highest BCUT2D eigenvalue weighted by molar-refractivity contribution is 6.02. The molecule has 0 aromatic heterocycles. The van der Waals surface area contributed by atoms with Crippen molar-refractivity contribution in [1.29, 1.82) is 0 Å². The third-order valence-corrected chi connectivity index (χ3v) is 7.16. The predicted molar refractivity (Wildman–Crippen MR) is 132 cm³/mol. The highest BCUT2D eigenvalue weighted by Gasteiger charge is 2.46. The minimum atomic E-state index is -0.526. The molecule has 0 radical (unpaired) electrons. The molecule has 0 bridgehead atoms. The number of methoxy groups -OCH3 is 2. The van der Waals surface area contributed by atoms with Gasteiger partial charge in [0, 0.05) is 18.7 Å². The summed E-state index contributed by atoms with van der Waals surface area (Å²) in [6, 6.07) is 11.3. The van der Waals surface area contributed by atoms with Gasteiger partial charge >= 0.3 is 0 Å². The molecule has 4 rings (SSSR count). The number of fused-ring (bicyclic) bond motifs is 4. The van der Waals surface area contributed by atoms with Crippen LogP contribution in [0.3, 0.4) is 0 Å². The van der Waals surface area contributed by atoms with Crippen molar-refractivity contribution in [1.82, 2.24) is 15.1 Å². The Kier molecular flexibility index (Phi) is 7.41. The van der Waals surface area contributed by atoms with Crippen LogP contribution in [0.5, 0.6) is 11.5 Å². The summed E-state index contributed by atoms with van der Waals surface area (Å²) in [4.78, 5) is 31.5. The Morgan fingerprint density at radius 2 is 1.79 bits per heavy atom. The zero-order valence-electron chi connectivity index (χ0n) is 20.6. The molecule has 2 aliphatic heterocycles. The fourth-order valence-corrected chi connectivity index (χ4v) is 5.30. The first kappa shape index (κ1) is 24.1. The molecule has 7 heteroatoms. The maximum absolute atomic E-state index is 13.7. The van der Waals surface area contributed by atoms with Crippen LogP contribution in [-0.4, -0.2) is 68.6 Å². The van der Waals surface area contributed by atoms with Crippen molar-refractivity contribution in [2.75, 3.05) is 46.9 Å². The average Bonchev–Trinajstić information content (AvgIpc) is 2.88. The third-order valence-electron chi connectivity index (χ3n) is 7.16. The van der Waals surface area contributed by atoms with Crippen molar-refractivity contribution < 1.29 is 19.1 Å². The van der Waals surface area contributed by atoms with Crippen LogP contribution in [0.2, 0.25) is 0 Å². The van der Waals surface area contributed by atoms with Crippen LogP contribution in [-0.2, 0) is 11.2 Å². The zero-order chi connectivity index (χ0) is 24.2. The number of benzene rings is 2. The Hall–Kier alpha value is -3.06. The van der Waals surface area contributed by atoms with Gasteiger partial charge in [-0.15, -0.1) is 0 Å². The van der Waals surface area contributed by atoms with Crippen molar-refractivity contribution >= 4 is 11.8 Å². The average molecular weight is 466 g/mol. The molecule has 2 amide bonds. The fraction of sp³-hybridized carbons (Fsp3) is 0.481. The van der Waals surface area contributed by atoms with E-state index in [1.807, 2.05) is 23.1 Å². The maximum atomic E-state index is 13.7. The van der Waals surface area contributed by atoms with Gasteiger partial charge in [0.15, 0.2) is 11.5 Å². The predicted octanol–water partition coefficient (Wildman–Crippen LogP) is 3.39. The van der Waals surface area contributed by atoms with E-state index in [0.717, 1.165) is 38.0 Å². The molecule has 182 valence electrons. The van der Waals surface area contributed by atoms with E-state index in [0.29, 0.717) is 35.7 Å². The number of carbonyl (C=O) groups excluding carboxylic acids is 2. The number of hydrogen-bond acceptors (Lipinski definition) is 5. The summed E-state index contributed by atoms with van der Waals surface area (Å²) in [7, 11) is 3.12. The van der Waals surface area contributed by atoms with Gasteiger partial charge in [0.1, 0.15) is 0 Å². The van der Waals surface area contributed by atoms with Gasteiger partial charge in [-0.3, -0.25) is 9.59 Å². The summed E-state index contributed by atoms with van der Waals surface area (Å²) in [6.07, 6.45) is 1.65. The van der Waals surface area contributed by atoms with Gasteiger partial charge < -0.3 is 24.6 Å². The second-order valence-corrected chi connectivity index (χ2v) is 8.84. The fourth-order valence-electron chi connectivity index (χ4n) is 5.30. The molecule has 0 spiro atoms. The highest BCUT2D eigenvalue weighted by atomic mass is 16.5. The second kappa shape index (κ2) is 10.5. The highest BCUT2D eigenvalue weighted by Crippen LogP contribution is 2.48. The van der Waals surface area contributed by atoms with Crippen LogP contribution in [0.1, 0.15) is 59.3 Å². The summed E-state index contributed by atoms with van der Waals surface area (Å²) in [5.41, 5.74) is 3.45. The van der Waals surface area contributed by atoms with Crippen LogP contribution < -0.4 is 14.8 Å². The normalized spacial score (nSPS) is 18.7. The molecule has 2 heterocycles. The lowest BCUT2D eigenvalue weighted by Crippen LogP contribution is -2.50. The number of amides is 2. The number of nitrogens with one attached hydrogen (secondary N) is 1. The second-order valence-electron chi connectivity index (χ2n) is 8.84. The molecule has 2 aromatic rings. The van der Waals surface area contributed by atoms with Crippen molar-refractivity contribution in [2.45, 2.75) is 38.6 Å². The number of carbonyl (C=O) groups is 2. The van der Waals surface area contributed by atoms with E-state index in [1.165, 1.54) is 5.56 Å². The van der Waals surface area contributed by atoms with Gasteiger partial charge in [0.25, 0.3) is 5.91 Å². The van der Waals surface area contributed by atoms with Gasteiger partial charge in [-0.1, -0.05) is 38.1 Å². The number of rotatable bonds is 9. The topological polar surface area (TPSA) is 71.1 Å². The van der Waals surface area contributed by atoms with Crippen LogP contribution in [0.15, 0.2) is 36.4 Å². The molecule has 1 N–H and O–H groups in total. The number of nitrogens with zero attached hydrogens (tertiary/aromatic N) is 2. The van der Waals surface area contributed by atoms with E-state index < -0.39 is 5.92 Å². The summed E-state index contributed by atoms with van der Waals surface area (Å²) in [5.74, 6) is 0.352. The van der Waals surface area contributed by atoms with E-state index in [-0.39, 0.29) is 17.9 Å². The lowest BCUT2D eigenvalue weighted by atomic mass is 9.75. The van der Waals surface area contributed by atoms with E-state index >= 15 is 0 Å². The Morgan fingerprint density at radius 3 is 2.50 bits per heavy atom. The Labute approximate surface area is 202 Å². The zero-order valence-corrected chi connectivity index (χ0v) is 20.6. The van der Waals surface area contributed by atoms with Crippen LogP contribution >= 0.6 is 0 Å². The summed E-state index contributed by atoms with van der Waals surface area (Å²) < 4.78 is 11.0. The van der Waals surface area contributed by atoms with E-state index in [1.54, 1.807) is 26.4 Å². The molecule has 0 unspecified atom stereocenters. The van der Waals surface area contributed by atoms with Crippen molar-refractivity contribution in [3.05, 3.63) is 58.7 Å². The van der Waals surface area contributed by atoms with Crippen LogP contribution in [0.4, 0.5) is 0 Å². The summed E-state index contributed by atoms with van der Waals surface area (Å²) in [5, 5.41) is 3.17. The number of hydrogen-bond donors (Lipinski definition) is 1. The van der Waals surface area contributed by atoms with Gasteiger partial charge in [-0.05, 0) is 61.3 Å². The first-order valence-electron chi connectivity index (χ1n) is 12.2. The minimum absolute atomic E-state index is 0.0628. The Bertz CT molecular complexity index is 1050. The largest absolute Gasteiger partial charge is 0.493 e. The molecule has 0 saturated heterocycles. The minimum Gasteiger partial charge on any atom is -0.493 e. The molecule has 0 fully saturated rings. The van der Waals surface area contributed by atoms with Gasteiger partial charge in [-0.25, -0.2) is 0 Å². The SMILES string of the molecule is CCN(CC)CCCNC(=O)[C@@H]1c2cc(OC)c(OC)cc2C(=O)N2CCc3ccccc3[C@H]12. The van der Waals surface area contributed by atoms with Gasteiger partial charge in [0.05, 0.1) is 26.2 Å². The van der Waals surface area contributed by atoms with Crippen LogP contribution in [0, 0.1) is 0 Å². The summed E-state index contributed by atoms with van der Waals surface area (Å²) >= 11 is 0. The van der Waals surface area contributed by atoms with E-state index in [4.69, 9.17) is 9.47 Å². The quantitative estimate of drug-likeness (QED) is 0.575. The lowest BCUT2D eigenvalue weighted by Gasteiger charge is -2.45. The lowest BCUT2D eigenvalue weighted by molar-refractivity contribution is -0.124. The van der Waals surface area contributed by atoms with Crippen molar-refractivity contribution in [3.8, 4) is 11.5 Å². The van der Waals surface area contributed by atoms with Gasteiger partial charge in [0.2, 0.25) is 5.91 Å². The molecule has 2 aromatic carbocycles. The molecule has 7 nitrogen and oxygen atoms in total. The molecule has 2 aliphatic rings. The Balaban J connectivity index is 1.71. The monoisotopic (exact) mass is 465 g/mol. The first-order valence-corrected chi connectivity index (χ1v) is 12.2. The first-order chi connectivity index (χ1) is 16.5. The van der Waals surface area contributed by atoms with Crippen molar-refractivity contribution in [3.63, 3.8) is 0 Å². The summed E-state index contributed by atoms with van der Waals surface area (Å²) in [6.45, 7) is 8.41. The third kappa shape index (κ3) is 4.37. The van der Waals surface area contributed by atoms with Crippen LogP contribution in [0.25, 0.3) is 0 Å². The molecule has 0 aliphatic carbocycles. The maximum Gasteiger partial charge on any atom is 0.254 e. The molecular formula is C27H35N3O4. The van der Waals surface area contributed by atoms with E-state index in [2.05, 4.69) is 30.1 Å². The molecule has 2 atom stereocenters. The molecule has 0 saturated carbocycles. The standard InChI is InChI=1S/C27H35N3O4/c1-5-29(6-2)14-9-13-28-26(31)24-20-16-22(33-3)23(34-4)17-21(20)27(32)30-15-12-18-10-7-8-11-19(18)25(24)30/h7-8,10-11,16-17,24-25H,5-6,9,12-15H2,1-4H3,(H,28,31)/t24-,25-/m1/s1. The smallest absolute Gasteiger partial charge is 0.254 e.